The van der Waals surface area contributed by atoms with Crippen molar-refractivity contribution < 1.29 is 19.2 Å². The van der Waals surface area contributed by atoms with Gasteiger partial charge in [0.2, 0.25) is 12.7 Å². The fraction of sp³-hybridized carbons (Fsp3) is 0.462. The number of nitrogens with zero attached hydrogens (tertiary/aromatic N) is 1. The van der Waals surface area contributed by atoms with E-state index in [0.717, 1.165) is 12.8 Å². The lowest BCUT2D eigenvalue weighted by molar-refractivity contribution is -0.384. The van der Waals surface area contributed by atoms with Crippen molar-refractivity contribution in [2.45, 2.75) is 25.3 Å². The third kappa shape index (κ3) is 2.89. The third-order valence-corrected chi connectivity index (χ3v) is 3.61. The molecule has 0 bridgehead atoms. The van der Waals surface area contributed by atoms with Crippen molar-refractivity contribution in [2.24, 2.45) is 11.7 Å². The zero-order valence-corrected chi connectivity index (χ0v) is 11.2. The van der Waals surface area contributed by atoms with Gasteiger partial charge in [-0.2, -0.15) is 0 Å². The molecule has 8 heteroatoms. The van der Waals surface area contributed by atoms with Gasteiger partial charge in [-0.1, -0.05) is 0 Å². The molecule has 2 aliphatic rings. The Labute approximate surface area is 120 Å². The molecule has 1 aromatic rings. The quantitative estimate of drug-likeness (QED) is 0.626. The number of nitro benzene ring substituents is 1. The maximum Gasteiger partial charge on any atom is 0.296 e. The van der Waals surface area contributed by atoms with Crippen LogP contribution in [0.25, 0.3) is 0 Å². The summed E-state index contributed by atoms with van der Waals surface area (Å²) in [6.07, 6.45) is 2.23. The summed E-state index contributed by atoms with van der Waals surface area (Å²) in [7, 11) is 0. The summed E-state index contributed by atoms with van der Waals surface area (Å²) in [6.45, 7) is 0.0104. The Morgan fingerprint density at radius 3 is 2.71 bits per heavy atom. The minimum absolute atomic E-state index is 0.0104. The molecule has 0 radical (unpaired) electrons. The van der Waals surface area contributed by atoms with E-state index in [9.17, 15) is 14.9 Å². The molecular formula is C13H15N3O5. The topological polar surface area (TPSA) is 117 Å². The molecule has 1 aliphatic carbocycles. The predicted octanol–water partition coefficient (Wildman–Crippen LogP) is 1.39. The number of nitro groups is 1. The van der Waals surface area contributed by atoms with Crippen molar-refractivity contribution in [2.75, 3.05) is 12.1 Å². The highest BCUT2D eigenvalue weighted by molar-refractivity contribution is 5.94. The molecule has 1 amide bonds. The van der Waals surface area contributed by atoms with Gasteiger partial charge in [-0.25, -0.2) is 0 Å². The van der Waals surface area contributed by atoms with E-state index in [4.69, 9.17) is 15.2 Å². The number of anilines is 1. The van der Waals surface area contributed by atoms with Crippen LogP contribution in [-0.2, 0) is 4.79 Å². The molecule has 1 heterocycles. The number of carbonyl (C=O) groups is 1. The largest absolute Gasteiger partial charge is 0.454 e. The number of hydrogen-bond donors (Lipinski definition) is 2. The van der Waals surface area contributed by atoms with E-state index in [1.165, 1.54) is 12.1 Å². The molecular weight excluding hydrogens is 278 g/mol. The van der Waals surface area contributed by atoms with Crippen LogP contribution in [0.1, 0.15) is 19.3 Å². The number of rotatable bonds is 5. The van der Waals surface area contributed by atoms with E-state index < -0.39 is 4.92 Å². The van der Waals surface area contributed by atoms with Crippen molar-refractivity contribution in [3.63, 3.8) is 0 Å². The van der Waals surface area contributed by atoms with Crippen LogP contribution < -0.4 is 20.5 Å². The van der Waals surface area contributed by atoms with E-state index in [1.54, 1.807) is 0 Å². The molecule has 0 aromatic heterocycles. The first-order valence-electron chi connectivity index (χ1n) is 6.68. The zero-order valence-electron chi connectivity index (χ0n) is 11.2. The Bertz CT molecular complexity index is 600. The van der Waals surface area contributed by atoms with Crippen LogP contribution in [0, 0.1) is 16.0 Å². The summed E-state index contributed by atoms with van der Waals surface area (Å²) in [5, 5.41) is 13.6. The van der Waals surface area contributed by atoms with Crippen LogP contribution in [0.3, 0.4) is 0 Å². The molecule has 1 unspecified atom stereocenters. The van der Waals surface area contributed by atoms with Crippen molar-refractivity contribution >= 4 is 17.3 Å². The van der Waals surface area contributed by atoms with Crippen LogP contribution in [0.2, 0.25) is 0 Å². The van der Waals surface area contributed by atoms with E-state index >= 15 is 0 Å². The van der Waals surface area contributed by atoms with Gasteiger partial charge in [-0.05, 0) is 18.8 Å². The Morgan fingerprint density at radius 1 is 1.43 bits per heavy atom. The lowest BCUT2D eigenvalue weighted by atomic mass is 10.1. The molecule has 1 atom stereocenters. The van der Waals surface area contributed by atoms with E-state index in [0.29, 0.717) is 17.4 Å². The van der Waals surface area contributed by atoms with E-state index in [2.05, 4.69) is 5.32 Å². The molecule has 1 saturated carbocycles. The molecule has 1 fully saturated rings. The molecule has 112 valence electrons. The van der Waals surface area contributed by atoms with Crippen molar-refractivity contribution in [1.29, 1.82) is 0 Å². The number of nitrogens with two attached hydrogens (primary N) is 1. The summed E-state index contributed by atoms with van der Waals surface area (Å²) in [6, 6.07) is 2.46. The Hall–Kier alpha value is -2.35. The van der Waals surface area contributed by atoms with Crippen molar-refractivity contribution in [3.05, 3.63) is 22.2 Å². The van der Waals surface area contributed by atoms with Crippen LogP contribution in [0.5, 0.6) is 11.5 Å². The van der Waals surface area contributed by atoms with Gasteiger partial charge in [0, 0.05) is 18.5 Å². The molecule has 0 saturated heterocycles. The number of fused-ring (bicyclic) bond motifs is 1. The zero-order chi connectivity index (χ0) is 15.0. The number of nitrogens with one attached hydrogen (secondary N) is 1. The summed E-state index contributed by atoms with van der Waals surface area (Å²) in [4.78, 5) is 22.5. The van der Waals surface area contributed by atoms with Gasteiger partial charge in [0.15, 0.2) is 11.5 Å². The van der Waals surface area contributed by atoms with Gasteiger partial charge in [0.25, 0.3) is 5.69 Å². The standard InChI is InChI=1S/C13H15N3O5/c14-8(7-1-2-7)3-13(17)15-9-4-11-12(21-6-20-11)5-10(9)16(18)19/h4-5,7-8H,1-3,6,14H2,(H,15,17). The van der Waals surface area contributed by atoms with Gasteiger partial charge >= 0.3 is 0 Å². The lowest BCUT2D eigenvalue weighted by Crippen LogP contribution is -2.29. The molecule has 0 spiro atoms. The number of benzene rings is 1. The predicted molar refractivity (Wildman–Crippen MR) is 73.2 cm³/mol. The van der Waals surface area contributed by atoms with Crippen LogP contribution in [-0.4, -0.2) is 23.7 Å². The maximum atomic E-state index is 11.9. The minimum Gasteiger partial charge on any atom is -0.454 e. The number of amides is 1. The molecule has 1 aliphatic heterocycles. The smallest absolute Gasteiger partial charge is 0.296 e. The van der Waals surface area contributed by atoms with Gasteiger partial charge in [-0.15, -0.1) is 0 Å². The van der Waals surface area contributed by atoms with Gasteiger partial charge in [0.1, 0.15) is 5.69 Å². The van der Waals surface area contributed by atoms with E-state index in [-0.39, 0.29) is 36.5 Å². The fourth-order valence-electron chi connectivity index (χ4n) is 2.29. The first-order valence-corrected chi connectivity index (χ1v) is 6.68. The molecule has 1 aromatic carbocycles. The second kappa shape index (κ2) is 5.21. The first-order chi connectivity index (χ1) is 10.0. The Morgan fingerprint density at radius 2 is 2.10 bits per heavy atom. The summed E-state index contributed by atoms with van der Waals surface area (Å²) in [5.74, 6) is 0.732. The summed E-state index contributed by atoms with van der Waals surface area (Å²) < 4.78 is 10.3. The lowest BCUT2D eigenvalue weighted by Gasteiger charge is -2.11. The summed E-state index contributed by atoms with van der Waals surface area (Å²) >= 11 is 0. The third-order valence-electron chi connectivity index (χ3n) is 3.61. The van der Waals surface area contributed by atoms with Crippen molar-refractivity contribution in [1.82, 2.24) is 0 Å². The van der Waals surface area contributed by atoms with Crippen LogP contribution in [0.4, 0.5) is 11.4 Å². The molecule has 8 nitrogen and oxygen atoms in total. The SMILES string of the molecule is NC(CC(=O)Nc1cc2c(cc1[N+](=O)[O-])OCO2)C1CC1. The van der Waals surface area contributed by atoms with Crippen LogP contribution in [0.15, 0.2) is 12.1 Å². The number of carbonyl (C=O) groups excluding carboxylic acids is 1. The first kappa shape index (κ1) is 13.6. The second-order valence-electron chi connectivity index (χ2n) is 5.23. The number of hydrogen-bond acceptors (Lipinski definition) is 6. The highest BCUT2D eigenvalue weighted by Gasteiger charge is 2.30. The molecule has 3 rings (SSSR count). The van der Waals surface area contributed by atoms with Gasteiger partial charge in [0.05, 0.1) is 11.0 Å². The summed E-state index contributed by atoms with van der Waals surface area (Å²) in [5.41, 5.74) is 5.75. The van der Waals surface area contributed by atoms with Crippen LogP contribution >= 0.6 is 0 Å². The normalized spacial score (nSPS) is 17.4. The Kier molecular flexibility index (Phi) is 3.38. The van der Waals surface area contributed by atoms with Gasteiger partial charge in [-0.3, -0.25) is 14.9 Å². The number of ether oxygens (including phenoxy) is 2. The average molecular weight is 293 g/mol. The maximum absolute atomic E-state index is 11.9. The second-order valence-corrected chi connectivity index (χ2v) is 5.23. The van der Waals surface area contributed by atoms with Crippen molar-refractivity contribution in [3.8, 4) is 11.5 Å². The molecule has 3 N–H and O–H groups in total. The highest BCUT2D eigenvalue weighted by Crippen LogP contribution is 2.40. The highest BCUT2D eigenvalue weighted by atomic mass is 16.7. The average Bonchev–Trinajstić information content (AvgIpc) is 3.17. The van der Waals surface area contributed by atoms with Gasteiger partial charge < -0.3 is 20.5 Å². The minimum atomic E-state index is -0.571. The van der Waals surface area contributed by atoms with E-state index in [1.807, 2.05) is 0 Å². The monoisotopic (exact) mass is 293 g/mol. The fourth-order valence-corrected chi connectivity index (χ4v) is 2.29. The Balaban J connectivity index is 1.77. The molecule has 21 heavy (non-hydrogen) atoms.